The molecule has 0 atom stereocenters. The lowest BCUT2D eigenvalue weighted by molar-refractivity contribution is 0.0784. The maximum atomic E-state index is 13.2. The summed E-state index contributed by atoms with van der Waals surface area (Å²) in [5.74, 6) is -1.97. The summed E-state index contributed by atoms with van der Waals surface area (Å²) >= 11 is 3.34. The van der Waals surface area contributed by atoms with Crippen LogP contribution in [0.2, 0.25) is 0 Å². The van der Waals surface area contributed by atoms with E-state index in [1.165, 1.54) is 11.0 Å². The fraction of sp³-hybridized carbons (Fsp3) is 0.188. The van der Waals surface area contributed by atoms with E-state index in [4.69, 9.17) is 0 Å². The zero-order chi connectivity index (χ0) is 15.6. The molecule has 0 saturated carbocycles. The maximum absolute atomic E-state index is 13.2. The third-order valence-electron chi connectivity index (χ3n) is 3.18. The molecule has 0 aromatic heterocycles. The van der Waals surface area contributed by atoms with Crippen molar-refractivity contribution in [1.82, 2.24) is 4.90 Å². The van der Waals surface area contributed by atoms with Crippen LogP contribution in [0.25, 0.3) is 0 Å². The number of rotatable bonds is 3. The minimum absolute atomic E-state index is 0.168. The summed E-state index contributed by atoms with van der Waals surface area (Å²) in [4.78, 5) is 13.9. The first-order chi connectivity index (χ1) is 9.88. The van der Waals surface area contributed by atoms with E-state index in [1.807, 2.05) is 19.1 Å². The van der Waals surface area contributed by atoms with Gasteiger partial charge in [-0.05, 0) is 42.3 Å². The van der Waals surface area contributed by atoms with Gasteiger partial charge >= 0.3 is 0 Å². The van der Waals surface area contributed by atoms with Crippen LogP contribution in [0.1, 0.15) is 21.5 Å². The van der Waals surface area contributed by atoms with E-state index in [0.29, 0.717) is 11.1 Å². The van der Waals surface area contributed by atoms with Crippen LogP contribution >= 0.6 is 15.9 Å². The highest BCUT2D eigenvalue weighted by molar-refractivity contribution is 9.10. The Morgan fingerprint density at radius 2 is 1.86 bits per heavy atom. The Morgan fingerprint density at radius 3 is 2.52 bits per heavy atom. The first-order valence-electron chi connectivity index (χ1n) is 6.34. The largest absolute Gasteiger partial charge is 0.337 e. The lowest BCUT2D eigenvalue weighted by Gasteiger charge is -2.19. The Hall–Kier alpha value is -1.75. The summed E-state index contributed by atoms with van der Waals surface area (Å²) in [5, 5.41) is 0. The Kier molecular flexibility index (Phi) is 4.73. The molecule has 0 heterocycles. The summed E-state index contributed by atoms with van der Waals surface area (Å²) in [6, 6.07) is 9.10. The number of carbonyl (C=O) groups is 1. The van der Waals surface area contributed by atoms with Gasteiger partial charge in [-0.3, -0.25) is 4.79 Å². The normalized spacial score (nSPS) is 10.5. The second-order valence-electron chi connectivity index (χ2n) is 4.87. The third-order valence-corrected chi connectivity index (χ3v) is 3.67. The molecular formula is C16H14BrF2NO. The van der Waals surface area contributed by atoms with E-state index in [-0.39, 0.29) is 12.5 Å². The molecule has 2 aromatic carbocycles. The van der Waals surface area contributed by atoms with Gasteiger partial charge in [-0.1, -0.05) is 28.1 Å². The molecular weight excluding hydrogens is 340 g/mol. The van der Waals surface area contributed by atoms with E-state index in [9.17, 15) is 13.6 Å². The highest BCUT2D eigenvalue weighted by atomic mass is 79.9. The Labute approximate surface area is 130 Å². The van der Waals surface area contributed by atoms with Gasteiger partial charge in [0.15, 0.2) is 11.6 Å². The highest BCUT2D eigenvalue weighted by Crippen LogP contribution is 2.18. The van der Waals surface area contributed by atoms with Crippen molar-refractivity contribution in [2.45, 2.75) is 13.5 Å². The molecule has 110 valence electrons. The topological polar surface area (TPSA) is 20.3 Å². The fourth-order valence-corrected chi connectivity index (χ4v) is 2.37. The Morgan fingerprint density at radius 1 is 1.14 bits per heavy atom. The molecule has 1 amide bonds. The molecule has 0 bridgehead atoms. The van der Waals surface area contributed by atoms with Gasteiger partial charge in [0.05, 0.1) is 0 Å². The number of nitrogens with zero attached hydrogens (tertiary/aromatic N) is 1. The first-order valence-corrected chi connectivity index (χ1v) is 7.13. The average Bonchev–Trinajstić information content (AvgIpc) is 2.44. The van der Waals surface area contributed by atoms with Crippen molar-refractivity contribution in [2.24, 2.45) is 0 Å². The summed E-state index contributed by atoms with van der Waals surface area (Å²) in [7, 11) is 1.63. The summed E-state index contributed by atoms with van der Waals surface area (Å²) in [5.41, 5.74) is 1.98. The summed E-state index contributed by atoms with van der Waals surface area (Å²) < 4.78 is 26.9. The predicted octanol–water partition coefficient (Wildman–Crippen LogP) is 4.31. The zero-order valence-corrected chi connectivity index (χ0v) is 13.2. The molecule has 2 rings (SSSR count). The number of hydrogen-bond acceptors (Lipinski definition) is 1. The Balaban J connectivity index is 2.19. The molecule has 0 spiro atoms. The molecule has 2 nitrogen and oxygen atoms in total. The van der Waals surface area contributed by atoms with Crippen molar-refractivity contribution in [3.05, 3.63) is 69.2 Å². The van der Waals surface area contributed by atoms with Crippen molar-refractivity contribution < 1.29 is 13.6 Å². The molecule has 0 radical (unpaired) electrons. The minimum atomic E-state index is -0.910. The van der Waals surface area contributed by atoms with E-state index in [2.05, 4.69) is 15.9 Å². The average molecular weight is 354 g/mol. The molecule has 0 unspecified atom stereocenters. The molecule has 0 aliphatic rings. The van der Waals surface area contributed by atoms with Crippen LogP contribution in [0.4, 0.5) is 8.78 Å². The molecule has 0 aliphatic heterocycles. The van der Waals surface area contributed by atoms with Gasteiger partial charge in [0, 0.05) is 23.6 Å². The maximum Gasteiger partial charge on any atom is 0.254 e. The molecule has 21 heavy (non-hydrogen) atoms. The Bertz CT molecular complexity index is 688. The second kappa shape index (κ2) is 6.35. The zero-order valence-electron chi connectivity index (χ0n) is 11.7. The van der Waals surface area contributed by atoms with Crippen molar-refractivity contribution in [1.29, 1.82) is 0 Å². The number of amides is 1. The molecule has 5 heteroatoms. The molecule has 0 aliphatic carbocycles. The van der Waals surface area contributed by atoms with Gasteiger partial charge in [-0.15, -0.1) is 0 Å². The van der Waals surface area contributed by atoms with Crippen LogP contribution < -0.4 is 0 Å². The smallest absolute Gasteiger partial charge is 0.254 e. The summed E-state index contributed by atoms with van der Waals surface area (Å²) in [6.07, 6.45) is 0. The lowest BCUT2D eigenvalue weighted by atomic mass is 10.1. The number of halogens is 3. The van der Waals surface area contributed by atoms with E-state index >= 15 is 0 Å². The van der Waals surface area contributed by atoms with Crippen LogP contribution in [0, 0.1) is 18.6 Å². The first kappa shape index (κ1) is 15.6. The van der Waals surface area contributed by atoms with Crippen molar-refractivity contribution >= 4 is 21.8 Å². The van der Waals surface area contributed by atoms with Gasteiger partial charge in [0.2, 0.25) is 0 Å². The fourth-order valence-electron chi connectivity index (χ4n) is 2.01. The van der Waals surface area contributed by atoms with Gasteiger partial charge in [0.1, 0.15) is 0 Å². The van der Waals surface area contributed by atoms with Gasteiger partial charge in [-0.25, -0.2) is 8.78 Å². The van der Waals surface area contributed by atoms with Crippen LogP contribution in [0.3, 0.4) is 0 Å². The summed E-state index contributed by atoms with van der Waals surface area (Å²) in [6.45, 7) is 2.06. The number of benzene rings is 2. The van der Waals surface area contributed by atoms with Crippen LogP contribution in [0.5, 0.6) is 0 Å². The van der Waals surface area contributed by atoms with E-state index in [0.717, 1.165) is 22.2 Å². The number of aryl methyl sites for hydroxylation is 1. The van der Waals surface area contributed by atoms with Crippen LogP contribution in [-0.2, 0) is 6.54 Å². The lowest BCUT2D eigenvalue weighted by Crippen LogP contribution is -2.27. The monoisotopic (exact) mass is 353 g/mol. The van der Waals surface area contributed by atoms with Crippen molar-refractivity contribution in [3.8, 4) is 0 Å². The predicted molar refractivity (Wildman–Crippen MR) is 81.0 cm³/mol. The quantitative estimate of drug-likeness (QED) is 0.805. The molecule has 0 saturated heterocycles. The second-order valence-corrected chi connectivity index (χ2v) is 5.78. The van der Waals surface area contributed by atoms with Crippen molar-refractivity contribution in [3.63, 3.8) is 0 Å². The minimum Gasteiger partial charge on any atom is -0.337 e. The third kappa shape index (κ3) is 3.67. The van der Waals surface area contributed by atoms with Gasteiger partial charge in [0.25, 0.3) is 5.91 Å². The number of carbonyl (C=O) groups excluding carboxylic acids is 1. The van der Waals surface area contributed by atoms with E-state index in [1.54, 1.807) is 13.1 Å². The van der Waals surface area contributed by atoms with Crippen LogP contribution in [-0.4, -0.2) is 17.9 Å². The SMILES string of the molecule is Cc1ccc(Br)cc1C(=O)N(C)Cc1ccc(F)c(F)c1. The van der Waals surface area contributed by atoms with Crippen molar-refractivity contribution in [2.75, 3.05) is 7.05 Å². The van der Waals surface area contributed by atoms with Gasteiger partial charge in [-0.2, -0.15) is 0 Å². The molecule has 2 aromatic rings. The standard InChI is InChI=1S/C16H14BrF2NO/c1-10-3-5-12(17)8-13(10)16(21)20(2)9-11-4-6-14(18)15(19)7-11/h3-8H,9H2,1-2H3. The molecule has 0 N–H and O–H groups in total. The van der Waals surface area contributed by atoms with Crippen LogP contribution in [0.15, 0.2) is 40.9 Å². The van der Waals surface area contributed by atoms with E-state index < -0.39 is 11.6 Å². The van der Waals surface area contributed by atoms with Gasteiger partial charge < -0.3 is 4.90 Å². The number of hydrogen-bond donors (Lipinski definition) is 0. The highest BCUT2D eigenvalue weighted by Gasteiger charge is 2.15. The molecule has 0 fully saturated rings.